The van der Waals surface area contributed by atoms with E-state index in [1.165, 1.54) is 11.8 Å². The molecule has 0 fully saturated rings. The number of aryl methyl sites for hydroxylation is 1. The normalized spacial score (nSPS) is 11.7. The Morgan fingerprint density at radius 1 is 1.14 bits per heavy atom. The van der Waals surface area contributed by atoms with Crippen LogP contribution in [0.2, 0.25) is 5.02 Å². The topological polar surface area (TPSA) is 73.2 Å². The molecule has 1 amide bonds. The van der Waals surface area contributed by atoms with Crippen molar-refractivity contribution >= 4 is 23.5 Å². The quantitative estimate of drug-likeness (QED) is 0.648. The molecule has 0 saturated carbocycles. The largest absolute Gasteiger partial charge is 0.467 e. The van der Waals surface area contributed by atoms with Crippen molar-refractivity contribution in [2.24, 2.45) is 7.05 Å². The molecule has 0 radical (unpaired) electrons. The minimum Gasteiger partial charge on any atom is -0.467 e. The summed E-state index contributed by atoms with van der Waals surface area (Å²) in [7, 11) is 2.96. The number of ether oxygens (including phenoxy) is 1. The highest BCUT2D eigenvalue weighted by Gasteiger charge is 2.24. The molecule has 1 atom stereocenters. The SMILES string of the molecule is COC(=O)[C@@H](Cc1ccccc1)NC(=O)c1cc(-c2ccccc2Cl)nn1C. The number of amides is 1. The number of methoxy groups -OCH3 is 1. The van der Waals surface area contributed by atoms with Crippen molar-refractivity contribution in [3.05, 3.63) is 76.9 Å². The van der Waals surface area contributed by atoms with Crippen LogP contribution in [0.4, 0.5) is 0 Å². The van der Waals surface area contributed by atoms with E-state index in [9.17, 15) is 9.59 Å². The number of carbonyl (C=O) groups excluding carboxylic acids is 2. The smallest absolute Gasteiger partial charge is 0.328 e. The second kappa shape index (κ2) is 8.71. The molecule has 7 heteroatoms. The van der Waals surface area contributed by atoms with Crippen molar-refractivity contribution in [1.29, 1.82) is 0 Å². The summed E-state index contributed by atoms with van der Waals surface area (Å²) in [5, 5.41) is 7.67. The van der Waals surface area contributed by atoms with E-state index in [1.807, 2.05) is 48.5 Å². The summed E-state index contributed by atoms with van der Waals surface area (Å²) in [5.41, 5.74) is 2.54. The van der Waals surface area contributed by atoms with Gasteiger partial charge in [0.1, 0.15) is 11.7 Å². The number of hydrogen-bond acceptors (Lipinski definition) is 4. The number of nitrogens with one attached hydrogen (secondary N) is 1. The minimum atomic E-state index is -0.807. The van der Waals surface area contributed by atoms with E-state index < -0.39 is 17.9 Å². The number of hydrogen-bond donors (Lipinski definition) is 1. The predicted molar refractivity (Wildman–Crippen MR) is 107 cm³/mol. The molecule has 0 spiro atoms. The fourth-order valence-electron chi connectivity index (χ4n) is 2.90. The van der Waals surface area contributed by atoms with Crippen LogP contribution >= 0.6 is 11.6 Å². The number of rotatable bonds is 6. The first-order chi connectivity index (χ1) is 13.5. The monoisotopic (exact) mass is 397 g/mol. The molecule has 2 aromatic carbocycles. The average Bonchev–Trinajstić information content (AvgIpc) is 3.09. The molecular formula is C21H20ClN3O3. The van der Waals surface area contributed by atoms with Crippen LogP contribution in [0, 0.1) is 0 Å². The van der Waals surface area contributed by atoms with Gasteiger partial charge in [0.25, 0.3) is 5.91 Å². The number of halogens is 1. The Hall–Kier alpha value is -3.12. The summed E-state index contributed by atoms with van der Waals surface area (Å²) < 4.78 is 6.31. The molecule has 0 unspecified atom stereocenters. The number of nitrogens with zero attached hydrogens (tertiary/aromatic N) is 2. The van der Waals surface area contributed by atoms with Gasteiger partial charge in [-0.2, -0.15) is 5.10 Å². The molecule has 1 aromatic heterocycles. The fraction of sp³-hybridized carbons (Fsp3) is 0.190. The lowest BCUT2D eigenvalue weighted by atomic mass is 10.1. The first kappa shape index (κ1) is 19.6. The molecule has 1 heterocycles. The van der Waals surface area contributed by atoms with Gasteiger partial charge < -0.3 is 10.1 Å². The van der Waals surface area contributed by atoms with Crippen molar-refractivity contribution in [2.45, 2.75) is 12.5 Å². The Bertz CT molecular complexity index is 986. The number of aromatic nitrogens is 2. The maximum Gasteiger partial charge on any atom is 0.328 e. The van der Waals surface area contributed by atoms with Gasteiger partial charge >= 0.3 is 5.97 Å². The van der Waals surface area contributed by atoms with E-state index in [2.05, 4.69) is 10.4 Å². The molecule has 1 N–H and O–H groups in total. The highest BCUT2D eigenvalue weighted by atomic mass is 35.5. The summed E-state index contributed by atoms with van der Waals surface area (Å²) in [4.78, 5) is 25.0. The van der Waals surface area contributed by atoms with Crippen LogP contribution < -0.4 is 5.32 Å². The fourth-order valence-corrected chi connectivity index (χ4v) is 3.13. The molecule has 144 valence electrons. The van der Waals surface area contributed by atoms with Gasteiger partial charge in [-0.25, -0.2) is 4.79 Å². The summed E-state index contributed by atoms with van der Waals surface area (Å²) in [6.07, 6.45) is 0.328. The molecule has 0 aliphatic rings. The number of esters is 1. The molecule has 0 bridgehead atoms. The third-order valence-electron chi connectivity index (χ3n) is 4.34. The minimum absolute atomic E-state index is 0.317. The Kier molecular flexibility index (Phi) is 6.11. The van der Waals surface area contributed by atoms with Crippen LogP contribution in [0.3, 0.4) is 0 Å². The third-order valence-corrected chi connectivity index (χ3v) is 4.67. The van der Waals surface area contributed by atoms with Gasteiger partial charge in [-0.3, -0.25) is 9.48 Å². The van der Waals surface area contributed by atoms with Crippen LogP contribution in [0.15, 0.2) is 60.7 Å². The first-order valence-electron chi connectivity index (χ1n) is 8.71. The number of benzene rings is 2. The molecule has 0 aliphatic carbocycles. The molecule has 3 aromatic rings. The predicted octanol–water partition coefficient (Wildman–Crippen LogP) is 3.25. The van der Waals surface area contributed by atoms with Crippen molar-refractivity contribution in [2.75, 3.05) is 7.11 Å². The Balaban J connectivity index is 1.82. The van der Waals surface area contributed by atoms with E-state index >= 15 is 0 Å². The molecule has 6 nitrogen and oxygen atoms in total. The van der Waals surface area contributed by atoms with E-state index in [4.69, 9.17) is 16.3 Å². The summed E-state index contributed by atoms with van der Waals surface area (Å²) in [6, 6.07) is 17.5. The Morgan fingerprint density at radius 2 is 1.82 bits per heavy atom. The molecule has 3 rings (SSSR count). The average molecular weight is 398 g/mol. The second-order valence-electron chi connectivity index (χ2n) is 6.26. The van der Waals surface area contributed by atoms with Crippen molar-refractivity contribution < 1.29 is 14.3 Å². The lowest BCUT2D eigenvalue weighted by Gasteiger charge is -2.16. The maximum atomic E-state index is 12.8. The van der Waals surface area contributed by atoms with E-state index in [0.29, 0.717) is 22.8 Å². The lowest BCUT2D eigenvalue weighted by molar-refractivity contribution is -0.142. The van der Waals surface area contributed by atoms with Gasteiger partial charge in [0, 0.05) is 19.0 Å². The van der Waals surface area contributed by atoms with Crippen LogP contribution in [-0.4, -0.2) is 34.8 Å². The third kappa shape index (κ3) is 4.40. The van der Waals surface area contributed by atoms with Gasteiger partial charge in [-0.15, -0.1) is 0 Å². The van der Waals surface area contributed by atoms with Crippen LogP contribution in [0.25, 0.3) is 11.3 Å². The molecule has 0 aliphatic heterocycles. The van der Waals surface area contributed by atoms with Gasteiger partial charge in [0.15, 0.2) is 0 Å². The zero-order valence-corrected chi connectivity index (χ0v) is 16.3. The number of carbonyl (C=O) groups is 2. The molecular weight excluding hydrogens is 378 g/mol. The lowest BCUT2D eigenvalue weighted by Crippen LogP contribution is -2.43. The highest BCUT2D eigenvalue weighted by molar-refractivity contribution is 6.33. The molecule has 28 heavy (non-hydrogen) atoms. The van der Waals surface area contributed by atoms with Gasteiger partial charge in [0.05, 0.1) is 17.8 Å². The van der Waals surface area contributed by atoms with Crippen molar-refractivity contribution in [3.63, 3.8) is 0 Å². The van der Waals surface area contributed by atoms with Crippen LogP contribution in [0.5, 0.6) is 0 Å². The van der Waals surface area contributed by atoms with Crippen molar-refractivity contribution in [1.82, 2.24) is 15.1 Å². The molecule has 0 saturated heterocycles. The highest BCUT2D eigenvalue weighted by Crippen LogP contribution is 2.26. The Labute approximate surface area is 168 Å². The summed E-state index contributed by atoms with van der Waals surface area (Å²) in [6.45, 7) is 0. The maximum absolute atomic E-state index is 12.8. The van der Waals surface area contributed by atoms with Gasteiger partial charge in [-0.05, 0) is 17.7 Å². The van der Waals surface area contributed by atoms with E-state index in [0.717, 1.165) is 11.1 Å². The zero-order chi connectivity index (χ0) is 20.1. The van der Waals surface area contributed by atoms with Gasteiger partial charge in [-0.1, -0.05) is 60.1 Å². The second-order valence-corrected chi connectivity index (χ2v) is 6.66. The van der Waals surface area contributed by atoms with E-state index in [1.54, 1.807) is 19.2 Å². The standard InChI is InChI=1S/C21H20ClN3O3/c1-25-19(13-17(24-25)15-10-6-7-11-16(15)22)20(26)23-18(21(27)28-2)12-14-8-4-3-5-9-14/h3-11,13,18H,12H2,1-2H3,(H,23,26)/t18-/m1/s1. The van der Waals surface area contributed by atoms with Crippen LogP contribution in [0.1, 0.15) is 16.1 Å². The first-order valence-corrected chi connectivity index (χ1v) is 9.09. The summed E-state index contributed by atoms with van der Waals surface area (Å²) >= 11 is 6.22. The van der Waals surface area contributed by atoms with Crippen molar-refractivity contribution in [3.8, 4) is 11.3 Å². The zero-order valence-electron chi connectivity index (χ0n) is 15.6. The van der Waals surface area contributed by atoms with Crippen LogP contribution in [-0.2, 0) is 23.0 Å². The van der Waals surface area contributed by atoms with Gasteiger partial charge in [0.2, 0.25) is 0 Å². The Morgan fingerprint density at radius 3 is 2.50 bits per heavy atom. The summed E-state index contributed by atoms with van der Waals surface area (Å²) in [5.74, 6) is -0.926. The van der Waals surface area contributed by atoms with E-state index in [-0.39, 0.29) is 0 Å².